The molecule has 2 rings (SSSR count). The summed E-state index contributed by atoms with van der Waals surface area (Å²) < 4.78 is 0. The zero-order valence-corrected chi connectivity index (χ0v) is 11.4. The number of thioether (sulfide) groups is 1. The second kappa shape index (κ2) is 5.49. The van der Waals surface area contributed by atoms with Gasteiger partial charge in [-0.2, -0.15) is 0 Å². The summed E-state index contributed by atoms with van der Waals surface area (Å²) in [4.78, 5) is 34.6. The maximum atomic E-state index is 11.7. The lowest BCUT2D eigenvalue weighted by Gasteiger charge is -2.25. The molecule has 1 N–H and O–H groups in total. The first kappa shape index (κ1) is 14.3. The number of nitro benzene ring substituents is 1. The standard InChI is InChI=1S/C12H12N2O5S/c1-7(15)13-10(12(16)17)6-20-11(13)8-4-2-3-5-9(8)14(18)19/h2-5,10-11H,6H2,1H3,(H,16,17)/t10-,11+/m0/s1. The van der Waals surface area contributed by atoms with Crippen molar-refractivity contribution in [1.82, 2.24) is 4.90 Å². The number of carboxylic acids is 1. The van der Waals surface area contributed by atoms with E-state index in [1.807, 2.05) is 0 Å². The molecule has 0 spiro atoms. The molecule has 1 aliphatic rings. The van der Waals surface area contributed by atoms with Gasteiger partial charge in [0.15, 0.2) is 0 Å². The molecule has 1 aromatic rings. The second-order valence-corrected chi connectivity index (χ2v) is 5.40. The Kier molecular flexibility index (Phi) is 3.93. The van der Waals surface area contributed by atoms with Crippen LogP contribution in [0.25, 0.3) is 0 Å². The Labute approximate surface area is 118 Å². The number of hydrogen-bond acceptors (Lipinski definition) is 5. The Balaban J connectivity index is 2.45. The van der Waals surface area contributed by atoms with Gasteiger partial charge in [0.25, 0.3) is 5.69 Å². The van der Waals surface area contributed by atoms with E-state index < -0.39 is 28.2 Å². The van der Waals surface area contributed by atoms with Crippen molar-refractivity contribution in [2.24, 2.45) is 0 Å². The minimum absolute atomic E-state index is 0.109. The molecule has 8 heteroatoms. The van der Waals surface area contributed by atoms with Crippen LogP contribution in [0, 0.1) is 10.1 Å². The van der Waals surface area contributed by atoms with Crippen LogP contribution in [0.3, 0.4) is 0 Å². The molecule has 2 atom stereocenters. The molecule has 1 heterocycles. The first-order valence-electron chi connectivity index (χ1n) is 5.80. The van der Waals surface area contributed by atoms with Gasteiger partial charge < -0.3 is 10.0 Å². The van der Waals surface area contributed by atoms with Gasteiger partial charge in [0.05, 0.1) is 10.5 Å². The highest BCUT2D eigenvalue weighted by atomic mass is 32.2. The number of rotatable bonds is 3. The molecule has 20 heavy (non-hydrogen) atoms. The lowest BCUT2D eigenvalue weighted by Crippen LogP contribution is -2.41. The van der Waals surface area contributed by atoms with E-state index in [0.717, 1.165) is 0 Å². The Hall–Kier alpha value is -2.09. The third-order valence-corrected chi connectivity index (χ3v) is 4.35. The predicted molar refractivity (Wildman–Crippen MR) is 72.2 cm³/mol. The van der Waals surface area contributed by atoms with Crippen LogP contribution in [0.5, 0.6) is 0 Å². The highest BCUT2D eigenvalue weighted by molar-refractivity contribution is 7.99. The molecule has 1 aromatic carbocycles. The van der Waals surface area contributed by atoms with E-state index in [1.54, 1.807) is 12.1 Å². The maximum absolute atomic E-state index is 11.7. The van der Waals surface area contributed by atoms with Crippen molar-refractivity contribution in [2.75, 3.05) is 5.75 Å². The fourth-order valence-electron chi connectivity index (χ4n) is 2.18. The van der Waals surface area contributed by atoms with Gasteiger partial charge in [-0.05, 0) is 6.07 Å². The minimum Gasteiger partial charge on any atom is -0.480 e. The van der Waals surface area contributed by atoms with Crippen molar-refractivity contribution >= 4 is 29.3 Å². The number of nitrogens with zero attached hydrogens (tertiary/aromatic N) is 2. The summed E-state index contributed by atoms with van der Waals surface area (Å²) in [6.45, 7) is 1.27. The predicted octanol–water partition coefficient (Wildman–Crippen LogP) is 1.64. The van der Waals surface area contributed by atoms with Crippen LogP contribution in [-0.4, -0.2) is 38.6 Å². The number of carboxylic acid groups (broad SMARTS) is 1. The zero-order valence-electron chi connectivity index (χ0n) is 10.6. The summed E-state index contributed by atoms with van der Waals surface area (Å²) in [7, 11) is 0. The first-order chi connectivity index (χ1) is 9.43. The molecule has 0 bridgehead atoms. The first-order valence-corrected chi connectivity index (χ1v) is 6.85. The smallest absolute Gasteiger partial charge is 0.327 e. The van der Waals surface area contributed by atoms with Gasteiger partial charge in [0.2, 0.25) is 5.91 Å². The zero-order chi connectivity index (χ0) is 14.9. The van der Waals surface area contributed by atoms with Crippen molar-refractivity contribution in [1.29, 1.82) is 0 Å². The number of para-hydroxylation sites is 1. The van der Waals surface area contributed by atoms with Crippen molar-refractivity contribution in [3.63, 3.8) is 0 Å². The summed E-state index contributed by atoms with van der Waals surface area (Å²) in [5.41, 5.74) is 0.240. The number of carbonyl (C=O) groups is 2. The van der Waals surface area contributed by atoms with E-state index in [4.69, 9.17) is 5.11 Å². The molecule has 1 fully saturated rings. The van der Waals surface area contributed by atoms with Crippen LogP contribution in [-0.2, 0) is 9.59 Å². The van der Waals surface area contributed by atoms with Gasteiger partial charge in [-0.25, -0.2) is 4.79 Å². The molecule has 0 saturated carbocycles. The van der Waals surface area contributed by atoms with E-state index in [2.05, 4.69) is 0 Å². The molecule has 0 aromatic heterocycles. The van der Waals surface area contributed by atoms with Crippen molar-refractivity contribution < 1.29 is 19.6 Å². The fourth-order valence-corrected chi connectivity index (χ4v) is 3.69. The molecule has 1 saturated heterocycles. The summed E-state index contributed by atoms with van der Waals surface area (Å²) in [5.74, 6) is -1.30. The van der Waals surface area contributed by atoms with Gasteiger partial charge in [-0.15, -0.1) is 11.8 Å². The van der Waals surface area contributed by atoms with E-state index in [0.29, 0.717) is 5.56 Å². The van der Waals surface area contributed by atoms with E-state index in [-0.39, 0.29) is 11.4 Å². The monoisotopic (exact) mass is 296 g/mol. The summed E-state index contributed by atoms with van der Waals surface area (Å²) >= 11 is 1.22. The van der Waals surface area contributed by atoms with Crippen LogP contribution >= 0.6 is 11.8 Å². The molecular weight excluding hydrogens is 284 g/mol. The quantitative estimate of drug-likeness (QED) is 0.672. The molecule has 1 amide bonds. The minimum atomic E-state index is -1.10. The number of nitro groups is 1. The molecule has 0 unspecified atom stereocenters. The number of amides is 1. The molecular formula is C12H12N2O5S. The Morgan fingerprint density at radius 3 is 2.65 bits per heavy atom. The van der Waals surface area contributed by atoms with Gasteiger partial charge >= 0.3 is 5.97 Å². The fraction of sp³-hybridized carbons (Fsp3) is 0.333. The highest BCUT2D eigenvalue weighted by Crippen LogP contribution is 2.44. The summed E-state index contributed by atoms with van der Waals surface area (Å²) in [6, 6.07) is 5.11. The topological polar surface area (TPSA) is 101 Å². The lowest BCUT2D eigenvalue weighted by atomic mass is 10.1. The SMILES string of the molecule is CC(=O)N1[C@@H](c2ccccc2[N+](=O)[O-])SC[C@H]1C(=O)O. The van der Waals surface area contributed by atoms with Crippen LogP contribution in [0.4, 0.5) is 5.69 Å². The van der Waals surface area contributed by atoms with Crippen molar-refractivity contribution in [3.05, 3.63) is 39.9 Å². The van der Waals surface area contributed by atoms with E-state index >= 15 is 0 Å². The Morgan fingerprint density at radius 1 is 1.45 bits per heavy atom. The average molecular weight is 296 g/mol. The number of hydrogen-bond donors (Lipinski definition) is 1. The molecule has 1 aliphatic heterocycles. The van der Waals surface area contributed by atoms with E-state index in [9.17, 15) is 19.7 Å². The largest absolute Gasteiger partial charge is 0.480 e. The van der Waals surface area contributed by atoms with Crippen LogP contribution in [0.1, 0.15) is 17.9 Å². The summed E-state index contributed by atoms with van der Waals surface area (Å²) in [6.07, 6.45) is 0. The third-order valence-electron chi connectivity index (χ3n) is 3.05. The van der Waals surface area contributed by atoms with Gasteiger partial charge in [-0.3, -0.25) is 14.9 Å². The number of carbonyl (C=O) groups excluding carboxylic acids is 1. The molecule has 7 nitrogen and oxygen atoms in total. The van der Waals surface area contributed by atoms with Crippen molar-refractivity contribution in [2.45, 2.75) is 18.3 Å². The normalized spacial score (nSPS) is 21.8. The molecule has 0 radical (unpaired) electrons. The lowest BCUT2D eigenvalue weighted by molar-refractivity contribution is -0.385. The summed E-state index contributed by atoms with van der Waals surface area (Å²) in [5, 5.41) is 19.5. The van der Waals surface area contributed by atoms with Gasteiger partial charge in [0.1, 0.15) is 11.4 Å². The number of benzene rings is 1. The maximum Gasteiger partial charge on any atom is 0.327 e. The molecule has 106 valence electrons. The third kappa shape index (κ3) is 2.46. The average Bonchev–Trinajstić information content (AvgIpc) is 2.83. The Morgan fingerprint density at radius 2 is 2.10 bits per heavy atom. The number of aliphatic carboxylic acids is 1. The van der Waals surface area contributed by atoms with Crippen LogP contribution in [0.2, 0.25) is 0 Å². The van der Waals surface area contributed by atoms with E-state index in [1.165, 1.54) is 35.7 Å². The van der Waals surface area contributed by atoms with Crippen molar-refractivity contribution in [3.8, 4) is 0 Å². The van der Waals surface area contributed by atoms with Crippen LogP contribution < -0.4 is 0 Å². The Bertz CT molecular complexity index is 577. The van der Waals surface area contributed by atoms with Gasteiger partial charge in [0, 0.05) is 18.7 Å². The molecule has 0 aliphatic carbocycles. The van der Waals surface area contributed by atoms with Crippen LogP contribution in [0.15, 0.2) is 24.3 Å². The highest BCUT2D eigenvalue weighted by Gasteiger charge is 2.43. The second-order valence-electron chi connectivity index (χ2n) is 4.28. The van der Waals surface area contributed by atoms with Gasteiger partial charge in [-0.1, -0.05) is 12.1 Å².